The average Bonchev–Trinajstić information content (AvgIpc) is 2.22. The van der Waals surface area contributed by atoms with Crippen LogP contribution in [0.2, 0.25) is 51.9 Å². The molecule has 0 spiro atoms. The van der Waals surface area contributed by atoms with Crippen LogP contribution in [0.4, 0.5) is 0 Å². The fraction of sp³-hybridized carbons (Fsp3) is 1.00. The van der Waals surface area contributed by atoms with Gasteiger partial charge in [0, 0.05) is 6.61 Å². The van der Waals surface area contributed by atoms with Crippen molar-refractivity contribution in [3.05, 3.63) is 0 Å². The maximum atomic E-state index is 8.75. The molecule has 0 saturated heterocycles. The van der Waals surface area contributed by atoms with Crippen LogP contribution < -0.4 is 0 Å². The van der Waals surface area contributed by atoms with Crippen LogP contribution in [-0.4, -0.2) is 36.9 Å². The van der Waals surface area contributed by atoms with Gasteiger partial charge in [0.1, 0.15) is 0 Å². The second kappa shape index (κ2) is 9.62. The summed E-state index contributed by atoms with van der Waals surface area (Å²) in [6, 6.07) is 1.23. The molecule has 0 bridgehead atoms. The molecule has 0 aromatic heterocycles. The summed E-state index contributed by atoms with van der Waals surface area (Å²) in [4.78, 5) is 0. The Morgan fingerprint density at radius 1 is 0.667 bits per heavy atom. The molecule has 0 fully saturated rings. The van der Waals surface area contributed by atoms with Crippen LogP contribution in [-0.2, 0) is 8.23 Å². The summed E-state index contributed by atoms with van der Waals surface area (Å²) in [6.45, 7) is 16.1. The second-order valence-electron chi connectivity index (χ2n) is 8.07. The topological polar surface area (TPSA) is 38.7 Å². The van der Waals surface area contributed by atoms with Crippen LogP contribution in [0.15, 0.2) is 0 Å². The van der Waals surface area contributed by atoms with Gasteiger partial charge in [0.15, 0.2) is 16.6 Å². The third-order valence-electron chi connectivity index (χ3n) is 3.26. The van der Waals surface area contributed by atoms with Crippen molar-refractivity contribution in [1.29, 1.82) is 0 Å². The van der Waals surface area contributed by atoms with E-state index < -0.39 is 25.2 Å². The van der Waals surface area contributed by atoms with E-state index in [0.717, 1.165) is 12.8 Å². The highest BCUT2D eigenvalue weighted by Gasteiger charge is 2.37. The van der Waals surface area contributed by atoms with E-state index >= 15 is 0 Å². The van der Waals surface area contributed by atoms with E-state index in [1.54, 1.807) is 0 Å². The molecular formula is C15H38O3Si3. The number of hydrogen-bond acceptors (Lipinski definition) is 3. The maximum Gasteiger partial charge on any atom is 0.311 e. The van der Waals surface area contributed by atoms with Crippen LogP contribution >= 0.6 is 0 Å². The number of hydrogen-bond donors (Lipinski definition) is 1. The normalized spacial score (nSPS) is 13.7. The number of rotatable bonds is 12. The molecule has 0 radical (unpaired) electrons. The highest BCUT2D eigenvalue weighted by molar-refractivity contribution is 6.87. The molecule has 1 N–H and O–H groups in total. The predicted octanol–water partition coefficient (Wildman–Crippen LogP) is 5.09. The van der Waals surface area contributed by atoms with Crippen molar-refractivity contribution in [2.75, 3.05) is 6.61 Å². The summed E-state index contributed by atoms with van der Waals surface area (Å²) in [5.74, 6) is 0. The third kappa shape index (κ3) is 13.9. The van der Waals surface area contributed by atoms with Gasteiger partial charge >= 0.3 is 8.56 Å². The Kier molecular flexibility index (Phi) is 9.86. The molecule has 0 heterocycles. The van der Waals surface area contributed by atoms with E-state index in [2.05, 4.69) is 45.8 Å². The van der Waals surface area contributed by atoms with Crippen LogP contribution in [0, 0.1) is 0 Å². The van der Waals surface area contributed by atoms with Gasteiger partial charge in [0.2, 0.25) is 0 Å². The zero-order valence-electron chi connectivity index (χ0n) is 15.4. The number of aliphatic hydroxyl groups is 1. The van der Waals surface area contributed by atoms with Gasteiger partial charge in [0.25, 0.3) is 0 Å². The van der Waals surface area contributed by atoms with Gasteiger partial charge in [-0.3, -0.25) is 0 Å². The Bertz CT molecular complexity index is 276. The first-order valence-electron chi connectivity index (χ1n) is 8.49. The summed E-state index contributed by atoms with van der Waals surface area (Å²) in [6.07, 6.45) is 7.23. The number of unbranched alkanes of at least 4 members (excludes halogenated alkanes) is 5. The zero-order valence-corrected chi connectivity index (χ0v) is 18.4. The van der Waals surface area contributed by atoms with Gasteiger partial charge in [-0.2, -0.15) is 0 Å². The minimum Gasteiger partial charge on any atom is -0.437 e. The molecule has 0 unspecified atom stereocenters. The van der Waals surface area contributed by atoms with E-state index in [-0.39, 0.29) is 0 Å². The Labute approximate surface area is 136 Å². The van der Waals surface area contributed by atoms with Gasteiger partial charge < -0.3 is 13.3 Å². The van der Waals surface area contributed by atoms with Crippen molar-refractivity contribution < 1.29 is 13.3 Å². The Morgan fingerprint density at radius 3 is 1.62 bits per heavy atom. The third-order valence-corrected chi connectivity index (χ3v) is 13.4. The quantitative estimate of drug-likeness (QED) is 0.393. The standard InChI is InChI=1S/C15H38O3Si3/c1-19(2,3)17-21(6,7)18-20(4,5)15-13-11-9-8-10-12-14-16/h16H,8-15H2,1-7H3. The van der Waals surface area contributed by atoms with Gasteiger partial charge in [-0.25, -0.2) is 0 Å². The summed E-state index contributed by atoms with van der Waals surface area (Å²) in [7, 11) is -5.07. The molecule has 0 aromatic carbocycles. The van der Waals surface area contributed by atoms with Crippen molar-refractivity contribution >= 4 is 25.2 Å². The first-order chi connectivity index (χ1) is 9.47. The molecular weight excluding hydrogens is 312 g/mol. The molecule has 0 aliphatic heterocycles. The van der Waals surface area contributed by atoms with Crippen LogP contribution in [0.5, 0.6) is 0 Å². The SMILES string of the molecule is C[Si](C)(C)O[Si](C)(C)O[Si](C)(C)CCCCCCCCO. The number of aliphatic hydroxyl groups excluding tert-OH is 1. The highest BCUT2D eigenvalue weighted by atomic mass is 28.5. The van der Waals surface area contributed by atoms with E-state index in [4.69, 9.17) is 13.3 Å². The van der Waals surface area contributed by atoms with E-state index in [9.17, 15) is 0 Å². The van der Waals surface area contributed by atoms with Gasteiger partial charge in [-0.15, -0.1) is 0 Å². The predicted molar refractivity (Wildman–Crippen MR) is 100 cm³/mol. The molecule has 0 rings (SSSR count). The van der Waals surface area contributed by atoms with Crippen LogP contribution in [0.3, 0.4) is 0 Å². The fourth-order valence-electron chi connectivity index (χ4n) is 2.84. The Hall–Kier alpha value is 0.531. The van der Waals surface area contributed by atoms with Gasteiger partial charge in [-0.1, -0.05) is 32.1 Å². The van der Waals surface area contributed by atoms with Gasteiger partial charge in [-0.05, 0) is 58.3 Å². The second-order valence-corrected chi connectivity index (χ2v) is 20.7. The van der Waals surface area contributed by atoms with Crippen molar-refractivity contribution in [3.63, 3.8) is 0 Å². The van der Waals surface area contributed by atoms with E-state index in [1.807, 2.05) is 0 Å². The molecule has 0 amide bonds. The van der Waals surface area contributed by atoms with Crippen molar-refractivity contribution in [1.82, 2.24) is 0 Å². The molecule has 0 atom stereocenters. The summed E-state index contributed by atoms with van der Waals surface area (Å²) >= 11 is 0. The monoisotopic (exact) mass is 350 g/mol. The first-order valence-corrected chi connectivity index (χ1v) is 17.8. The molecule has 0 aliphatic rings. The lowest BCUT2D eigenvalue weighted by Crippen LogP contribution is -2.51. The molecule has 128 valence electrons. The Morgan fingerprint density at radius 2 is 1.14 bits per heavy atom. The summed E-state index contributed by atoms with van der Waals surface area (Å²) in [5.41, 5.74) is 0. The largest absolute Gasteiger partial charge is 0.437 e. The lowest BCUT2D eigenvalue weighted by Gasteiger charge is -2.37. The lowest BCUT2D eigenvalue weighted by molar-refractivity contribution is 0.282. The van der Waals surface area contributed by atoms with Crippen molar-refractivity contribution in [3.8, 4) is 0 Å². The van der Waals surface area contributed by atoms with Crippen LogP contribution in [0.25, 0.3) is 0 Å². The van der Waals surface area contributed by atoms with Crippen molar-refractivity contribution in [2.45, 2.75) is 90.4 Å². The molecule has 0 aromatic rings. The fourth-order valence-corrected chi connectivity index (χ4v) is 16.1. The maximum absolute atomic E-state index is 8.75. The molecule has 0 saturated carbocycles. The molecule has 21 heavy (non-hydrogen) atoms. The Balaban J connectivity index is 3.97. The van der Waals surface area contributed by atoms with E-state index in [1.165, 1.54) is 31.7 Å². The van der Waals surface area contributed by atoms with Crippen molar-refractivity contribution in [2.24, 2.45) is 0 Å². The molecule has 6 heteroatoms. The summed E-state index contributed by atoms with van der Waals surface area (Å²) < 4.78 is 12.8. The van der Waals surface area contributed by atoms with Gasteiger partial charge in [0.05, 0.1) is 0 Å². The zero-order chi connectivity index (χ0) is 16.6. The summed E-state index contributed by atoms with van der Waals surface area (Å²) in [5, 5.41) is 8.75. The smallest absolute Gasteiger partial charge is 0.311 e. The first kappa shape index (κ1) is 21.5. The minimum absolute atomic E-state index is 0.338. The molecule has 0 aliphatic carbocycles. The molecule has 3 nitrogen and oxygen atoms in total. The van der Waals surface area contributed by atoms with E-state index in [0.29, 0.717) is 6.61 Å². The average molecular weight is 351 g/mol. The van der Waals surface area contributed by atoms with Crippen LogP contribution in [0.1, 0.15) is 38.5 Å². The highest BCUT2D eigenvalue weighted by Crippen LogP contribution is 2.24. The lowest BCUT2D eigenvalue weighted by atomic mass is 10.1. The minimum atomic E-state index is -1.96.